The molecule has 0 amide bonds. The molecule has 3 aromatic rings. The Balaban J connectivity index is 1.36. The fourth-order valence-corrected chi connectivity index (χ4v) is 4.70. The Kier molecular flexibility index (Phi) is 5.63. The first-order valence-corrected chi connectivity index (χ1v) is 11.4. The third-order valence-corrected chi connectivity index (χ3v) is 6.54. The molecule has 2 aromatic carbocycles. The van der Waals surface area contributed by atoms with E-state index in [1.165, 1.54) is 37.8 Å². The topological polar surface area (TPSA) is 44.3 Å². The van der Waals surface area contributed by atoms with Crippen LogP contribution in [0.3, 0.4) is 0 Å². The molecule has 30 heavy (non-hydrogen) atoms. The van der Waals surface area contributed by atoms with Gasteiger partial charge in [-0.1, -0.05) is 43.0 Å². The molecule has 5 rings (SSSR count). The maximum atomic E-state index is 6.04. The maximum absolute atomic E-state index is 6.04. The molecule has 1 aromatic heterocycles. The lowest BCUT2D eigenvalue weighted by molar-refractivity contribution is 0.462. The van der Waals surface area contributed by atoms with Gasteiger partial charge in [0.25, 0.3) is 0 Å². The van der Waals surface area contributed by atoms with E-state index in [0.717, 1.165) is 53.9 Å². The van der Waals surface area contributed by atoms with Crippen LogP contribution in [0.15, 0.2) is 48.5 Å². The number of aromatic nitrogens is 2. The number of rotatable bonds is 4. The molecular weight excluding hydrogens is 394 g/mol. The van der Waals surface area contributed by atoms with Crippen LogP contribution in [0, 0.1) is 0 Å². The number of benzene rings is 2. The van der Waals surface area contributed by atoms with Crippen LogP contribution >= 0.6 is 11.6 Å². The molecule has 0 radical (unpaired) electrons. The molecule has 2 fully saturated rings. The lowest BCUT2D eigenvalue weighted by Gasteiger charge is -2.36. The number of nitrogens with zero attached hydrogens (tertiary/aromatic N) is 4. The van der Waals surface area contributed by atoms with Crippen LogP contribution in [0.5, 0.6) is 0 Å². The summed E-state index contributed by atoms with van der Waals surface area (Å²) < 4.78 is 0. The number of hydrogen-bond donors (Lipinski definition) is 1. The van der Waals surface area contributed by atoms with Crippen molar-refractivity contribution in [1.29, 1.82) is 0 Å². The summed E-state index contributed by atoms with van der Waals surface area (Å²) in [6, 6.07) is 17.0. The zero-order valence-electron chi connectivity index (χ0n) is 17.2. The van der Waals surface area contributed by atoms with Crippen LogP contribution in [-0.2, 0) is 0 Å². The van der Waals surface area contributed by atoms with Crippen LogP contribution in [0.4, 0.5) is 17.5 Å². The molecule has 0 spiro atoms. The van der Waals surface area contributed by atoms with Crippen molar-refractivity contribution in [3.05, 3.63) is 53.6 Å². The first-order chi connectivity index (χ1) is 14.8. The molecule has 0 unspecified atom stereocenters. The van der Waals surface area contributed by atoms with Gasteiger partial charge in [-0.25, -0.2) is 4.98 Å². The number of nitrogens with one attached hydrogen (secondary N) is 1. The second-order valence-electron chi connectivity index (χ2n) is 8.32. The first-order valence-electron chi connectivity index (χ1n) is 11.0. The molecule has 2 heterocycles. The molecule has 1 N–H and O–H groups in total. The fourth-order valence-electron chi connectivity index (χ4n) is 4.57. The largest absolute Gasteiger partial charge is 0.368 e. The van der Waals surface area contributed by atoms with E-state index in [1.807, 2.05) is 12.1 Å². The van der Waals surface area contributed by atoms with Gasteiger partial charge in [0.05, 0.1) is 5.52 Å². The number of halogens is 1. The minimum atomic E-state index is 0.520. The van der Waals surface area contributed by atoms with Gasteiger partial charge in [0.2, 0.25) is 5.95 Å². The van der Waals surface area contributed by atoms with E-state index in [2.05, 4.69) is 51.5 Å². The van der Waals surface area contributed by atoms with Gasteiger partial charge >= 0.3 is 0 Å². The highest BCUT2D eigenvalue weighted by molar-refractivity contribution is 6.30. The van der Waals surface area contributed by atoms with Gasteiger partial charge in [0.1, 0.15) is 5.82 Å². The van der Waals surface area contributed by atoms with Gasteiger partial charge in [0, 0.05) is 48.3 Å². The highest BCUT2D eigenvalue weighted by Gasteiger charge is 2.22. The Labute approximate surface area is 183 Å². The summed E-state index contributed by atoms with van der Waals surface area (Å²) in [7, 11) is 0. The summed E-state index contributed by atoms with van der Waals surface area (Å²) in [6.45, 7) is 3.71. The second-order valence-corrected chi connectivity index (χ2v) is 8.76. The van der Waals surface area contributed by atoms with E-state index in [1.54, 1.807) is 0 Å². The van der Waals surface area contributed by atoms with Crippen LogP contribution in [-0.4, -0.2) is 42.2 Å². The highest BCUT2D eigenvalue weighted by Crippen LogP contribution is 2.28. The molecule has 156 valence electrons. The van der Waals surface area contributed by atoms with Crippen molar-refractivity contribution in [3.63, 3.8) is 0 Å². The average molecular weight is 422 g/mol. The number of piperazine rings is 1. The van der Waals surface area contributed by atoms with E-state index >= 15 is 0 Å². The SMILES string of the molecule is Clc1ccc(N2CCN(c3nc(NC4CCCCC4)c4ccccc4n3)CC2)cc1. The van der Waals surface area contributed by atoms with Crippen LogP contribution in [0.2, 0.25) is 5.02 Å². The number of anilines is 3. The number of fused-ring (bicyclic) bond motifs is 1. The predicted molar refractivity (Wildman–Crippen MR) is 126 cm³/mol. The number of para-hydroxylation sites is 1. The highest BCUT2D eigenvalue weighted by atomic mass is 35.5. The zero-order valence-corrected chi connectivity index (χ0v) is 18.0. The molecule has 2 aliphatic rings. The smallest absolute Gasteiger partial charge is 0.228 e. The average Bonchev–Trinajstić information content (AvgIpc) is 2.80. The monoisotopic (exact) mass is 421 g/mol. The van der Waals surface area contributed by atoms with Crippen molar-refractivity contribution in [3.8, 4) is 0 Å². The minimum absolute atomic E-state index is 0.520. The fraction of sp³-hybridized carbons (Fsp3) is 0.417. The van der Waals surface area contributed by atoms with Gasteiger partial charge in [0.15, 0.2) is 0 Å². The lowest BCUT2D eigenvalue weighted by Crippen LogP contribution is -2.47. The molecule has 6 heteroatoms. The quantitative estimate of drug-likeness (QED) is 0.614. The van der Waals surface area contributed by atoms with Gasteiger partial charge in [-0.2, -0.15) is 4.98 Å². The van der Waals surface area contributed by atoms with E-state index in [4.69, 9.17) is 21.6 Å². The molecule has 5 nitrogen and oxygen atoms in total. The van der Waals surface area contributed by atoms with E-state index in [-0.39, 0.29) is 0 Å². The van der Waals surface area contributed by atoms with Crippen molar-refractivity contribution in [2.24, 2.45) is 0 Å². The van der Waals surface area contributed by atoms with Gasteiger partial charge < -0.3 is 15.1 Å². The van der Waals surface area contributed by atoms with Crippen molar-refractivity contribution >= 4 is 40.0 Å². The zero-order chi connectivity index (χ0) is 20.3. The summed E-state index contributed by atoms with van der Waals surface area (Å²) in [5.74, 6) is 1.82. The van der Waals surface area contributed by atoms with Crippen LogP contribution in [0.1, 0.15) is 32.1 Å². The first kappa shape index (κ1) is 19.4. The molecule has 1 aliphatic carbocycles. The van der Waals surface area contributed by atoms with Crippen molar-refractivity contribution < 1.29 is 0 Å². The summed E-state index contributed by atoms with van der Waals surface area (Å²) in [5.41, 5.74) is 2.24. The Morgan fingerprint density at radius 2 is 1.50 bits per heavy atom. The van der Waals surface area contributed by atoms with E-state index < -0.39 is 0 Å². The van der Waals surface area contributed by atoms with E-state index in [9.17, 15) is 0 Å². The third-order valence-electron chi connectivity index (χ3n) is 6.29. The molecular formula is C24H28ClN5. The van der Waals surface area contributed by atoms with Crippen molar-refractivity contribution in [2.45, 2.75) is 38.1 Å². The van der Waals surface area contributed by atoms with Crippen LogP contribution in [0.25, 0.3) is 10.9 Å². The van der Waals surface area contributed by atoms with Crippen molar-refractivity contribution in [1.82, 2.24) is 9.97 Å². The molecule has 0 atom stereocenters. The minimum Gasteiger partial charge on any atom is -0.368 e. The molecule has 1 aliphatic heterocycles. The molecule has 0 bridgehead atoms. The van der Waals surface area contributed by atoms with Crippen LogP contribution < -0.4 is 15.1 Å². The summed E-state index contributed by atoms with van der Waals surface area (Å²) in [6.07, 6.45) is 6.42. The van der Waals surface area contributed by atoms with E-state index in [0.29, 0.717) is 6.04 Å². The lowest BCUT2D eigenvalue weighted by atomic mass is 9.95. The third kappa shape index (κ3) is 4.17. The summed E-state index contributed by atoms with van der Waals surface area (Å²) >= 11 is 6.04. The predicted octanol–water partition coefficient (Wildman–Crippen LogP) is 5.35. The number of hydrogen-bond acceptors (Lipinski definition) is 5. The van der Waals surface area contributed by atoms with Gasteiger partial charge in [-0.15, -0.1) is 0 Å². The van der Waals surface area contributed by atoms with Gasteiger partial charge in [-0.3, -0.25) is 0 Å². The van der Waals surface area contributed by atoms with Gasteiger partial charge in [-0.05, 0) is 49.2 Å². The Morgan fingerprint density at radius 1 is 0.800 bits per heavy atom. The second kappa shape index (κ2) is 8.68. The Hall–Kier alpha value is -2.53. The standard InChI is InChI=1S/C24H28ClN5/c25-18-10-12-20(13-11-18)29-14-16-30(17-15-29)24-27-22-9-5-4-8-21(22)23(28-24)26-19-6-2-1-3-7-19/h4-5,8-13,19H,1-3,6-7,14-17H2,(H,26,27,28). The Morgan fingerprint density at radius 3 is 2.27 bits per heavy atom. The summed E-state index contributed by atoms with van der Waals surface area (Å²) in [4.78, 5) is 14.6. The summed E-state index contributed by atoms with van der Waals surface area (Å²) in [5, 5.41) is 5.64. The normalized spacial score (nSPS) is 18.0. The molecule has 1 saturated heterocycles. The molecule has 1 saturated carbocycles. The Bertz CT molecular complexity index is 992. The van der Waals surface area contributed by atoms with Crippen molar-refractivity contribution in [2.75, 3.05) is 41.3 Å². The maximum Gasteiger partial charge on any atom is 0.228 e.